The lowest BCUT2D eigenvalue weighted by Gasteiger charge is -2.33. The summed E-state index contributed by atoms with van der Waals surface area (Å²) in [4.78, 5) is 6.54. The van der Waals surface area contributed by atoms with Gasteiger partial charge in [0.15, 0.2) is 5.82 Å². The van der Waals surface area contributed by atoms with Gasteiger partial charge in [-0.3, -0.25) is 4.90 Å². The third kappa shape index (κ3) is 3.72. The van der Waals surface area contributed by atoms with Crippen LogP contribution in [0.5, 0.6) is 0 Å². The van der Waals surface area contributed by atoms with Crippen LogP contribution in [-0.4, -0.2) is 53.9 Å². The van der Waals surface area contributed by atoms with Crippen molar-refractivity contribution in [2.24, 2.45) is 0 Å². The molecule has 1 aliphatic heterocycles. The number of aryl methyl sites for hydroxylation is 1. The molecule has 3 rings (SSSR count). The molecule has 1 aromatic carbocycles. The molecule has 0 atom stereocenters. The van der Waals surface area contributed by atoms with E-state index in [4.69, 9.17) is 16.1 Å². The second-order valence-corrected chi connectivity index (χ2v) is 7.74. The summed E-state index contributed by atoms with van der Waals surface area (Å²) in [7, 11) is -3.47. The summed E-state index contributed by atoms with van der Waals surface area (Å²) in [6.45, 7) is 4.42. The fourth-order valence-corrected chi connectivity index (χ4v) is 4.04. The van der Waals surface area contributed by atoms with Gasteiger partial charge in [0.05, 0.1) is 11.4 Å². The summed E-state index contributed by atoms with van der Waals surface area (Å²) in [6.07, 6.45) is 0. The van der Waals surface area contributed by atoms with E-state index >= 15 is 0 Å². The van der Waals surface area contributed by atoms with E-state index in [1.807, 2.05) is 0 Å². The zero-order valence-electron chi connectivity index (χ0n) is 12.6. The quantitative estimate of drug-likeness (QED) is 0.826. The van der Waals surface area contributed by atoms with Crippen LogP contribution in [0, 0.1) is 6.92 Å². The number of halogens is 1. The van der Waals surface area contributed by atoms with E-state index in [-0.39, 0.29) is 4.90 Å². The minimum absolute atomic E-state index is 0.268. The Bertz CT molecular complexity index is 768. The second-order valence-electron chi connectivity index (χ2n) is 5.36. The molecular weight excluding hydrogens is 340 g/mol. The second kappa shape index (κ2) is 6.56. The van der Waals surface area contributed by atoms with Crippen molar-refractivity contribution in [2.75, 3.05) is 26.2 Å². The largest absolute Gasteiger partial charge is 0.340 e. The Morgan fingerprint density at radius 2 is 1.83 bits per heavy atom. The molecule has 9 heteroatoms. The normalized spacial score (nSPS) is 17.5. The fraction of sp³-hybridized carbons (Fsp3) is 0.429. The number of hydrogen-bond donors (Lipinski definition) is 0. The average molecular weight is 357 g/mol. The summed E-state index contributed by atoms with van der Waals surface area (Å²) < 4.78 is 31.6. The topological polar surface area (TPSA) is 79.5 Å². The molecular formula is C14H17ClN4O3S. The van der Waals surface area contributed by atoms with Gasteiger partial charge in [0, 0.05) is 38.1 Å². The third-order valence-electron chi connectivity index (χ3n) is 3.72. The van der Waals surface area contributed by atoms with Crippen molar-refractivity contribution in [2.45, 2.75) is 18.4 Å². The predicted octanol–water partition coefficient (Wildman–Crippen LogP) is 1.54. The van der Waals surface area contributed by atoms with E-state index < -0.39 is 10.0 Å². The molecule has 0 N–H and O–H groups in total. The van der Waals surface area contributed by atoms with Gasteiger partial charge >= 0.3 is 0 Å². The Labute approximate surface area is 139 Å². The van der Waals surface area contributed by atoms with Crippen molar-refractivity contribution in [3.8, 4) is 0 Å². The lowest BCUT2D eigenvalue weighted by atomic mass is 10.3. The van der Waals surface area contributed by atoms with Gasteiger partial charge in [0.2, 0.25) is 15.9 Å². The maximum Gasteiger partial charge on any atom is 0.243 e. The Morgan fingerprint density at radius 1 is 1.17 bits per heavy atom. The van der Waals surface area contributed by atoms with Crippen molar-refractivity contribution < 1.29 is 12.9 Å². The third-order valence-corrected chi connectivity index (χ3v) is 5.88. The molecule has 2 heterocycles. The van der Waals surface area contributed by atoms with Gasteiger partial charge in [-0.2, -0.15) is 9.29 Å². The maximum absolute atomic E-state index is 12.6. The lowest BCUT2D eigenvalue weighted by Crippen LogP contribution is -2.48. The van der Waals surface area contributed by atoms with Gasteiger partial charge < -0.3 is 4.52 Å². The van der Waals surface area contributed by atoms with Crippen molar-refractivity contribution in [1.29, 1.82) is 0 Å². The van der Waals surface area contributed by atoms with E-state index in [0.717, 1.165) is 0 Å². The molecule has 0 radical (unpaired) electrons. The highest BCUT2D eigenvalue weighted by molar-refractivity contribution is 7.89. The SMILES string of the molecule is Cc1nc(CN2CCN(S(=O)(=O)c3ccc(Cl)cc3)CC2)no1. The Balaban J connectivity index is 1.62. The number of rotatable bonds is 4. The van der Waals surface area contributed by atoms with E-state index in [9.17, 15) is 8.42 Å². The van der Waals surface area contributed by atoms with E-state index in [1.165, 1.54) is 16.4 Å². The molecule has 0 bridgehead atoms. The number of nitrogens with zero attached hydrogens (tertiary/aromatic N) is 4. The maximum atomic E-state index is 12.6. The van der Waals surface area contributed by atoms with Crippen LogP contribution in [0.25, 0.3) is 0 Å². The fourth-order valence-electron chi connectivity index (χ4n) is 2.49. The van der Waals surface area contributed by atoms with E-state index in [1.54, 1.807) is 19.1 Å². The molecule has 1 aromatic heterocycles. The van der Waals surface area contributed by atoms with E-state index in [2.05, 4.69) is 15.0 Å². The van der Waals surface area contributed by atoms with Crippen molar-refractivity contribution in [3.63, 3.8) is 0 Å². The van der Waals surface area contributed by atoms with Gasteiger partial charge in [-0.1, -0.05) is 16.8 Å². The average Bonchev–Trinajstić information content (AvgIpc) is 2.93. The van der Waals surface area contributed by atoms with Gasteiger partial charge in [-0.05, 0) is 24.3 Å². The lowest BCUT2D eigenvalue weighted by molar-refractivity contribution is 0.176. The zero-order chi connectivity index (χ0) is 16.4. The van der Waals surface area contributed by atoms with Crippen LogP contribution in [-0.2, 0) is 16.6 Å². The van der Waals surface area contributed by atoms with Crippen LogP contribution in [0.15, 0.2) is 33.7 Å². The molecule has 0 unspecified atom stereocenters. The number of hydrogen-bond acceptors (Lipinski definition) is 6. The molecule has 1 fully saturated rings. The molecule has 7 nitrogen and oxygen atoms in total. The minimum atomic E-state index is -3.47. The van der Waals surface area contributed by atoms with Crippen LogP contribution >= 0.6 is 11.6 Å². The number of sulfonamides is 1. The van der Waals surface area contributed by atoms with Crippen molar-refractivity contribution in [1.82, 2.24) is 19.3 Å². The van der Waals surface area contributed by atoms with Gasteiger partial charge in [-0.15, -0.1) is 0 Å². The van der Waals surface area contributed by atoms with Crippen molar-refractivity contribution in [3.05, 3.63) is 41.0 Å². The zero-order valence-corrected chi connectivity index (χ0v) is 14.2. The first-order chi connectivity index (χ1) is 10.9. The summed E-state index contributed by atoms with van der Waals surface area (Å²) in [6, 6.07) is 6.24. The molecule has 0 saturated carbocycles. The number of aromatic nitrogens is 2. The molecule has 0 amide bonds. The van der Waals surface area contributed by atoms with Crippen LogP contribution < -0.4 is 0 Å². The molecule has 0 spiro atoms. The smallest absolute Gasteiger partial charge is 0.243 e. The molecule has 0 aliphatic carbocycles. The van der Waals surface area contributed by atoms with Crippen LogP contribution in [0.3, 0.4) is 0 Å². The van der Waals surface area contributed by atoms with Gasteiger partial charge in [0.1, 0.15) is 0 Å². The first kappa shape index (κ1) is 16.4. The predicted molar refractivity (Wildman–Crippen MR) is 84.5 cm³/mol. The highest BCUT2D eigenvalue weighted by atomic mass is 35.5. The Kier molecular flexibility index (Phi) is 4.67. The minimum Gasteiger partial charge on any atom is -0.340 e. The Hall–Kier alpha value is -1.48. The first-order valence-corrected chi connectivity index (χ1v) is 9.04. The molecule has 1 saturated heterocycles. The standard InChI is InChI=1S/C14H17ClN4O3S/c1-11-16-14(17-22-11)10-18-6-8-19(9-7-18)23(20,21)13-4-2-12(15)3-5-13/h2-5H,6-10H2,1H3. The van der Waals surface area contributed by atoms with Crippen LogP contribution in [0.1, 0.15) is 11.7 Å². The van der Waals surface area contributed by atoms with Crippen molar-refractivity contribution >= 4 is 21.6 Å². The van der Waals surface area contributed by atoms with Gasteiger partial charge in [0.25, 0.3) is 0 Å². The monoisotopic (exact) mass is 356 g/mol. The van der Waals surface area contributed by atoms with Crippen LogP contribution in [0.2, 0.25) is 5.02 Å². The van der Waals surface area contributed by atoms with Gasteiger partial charge in [-0.25, -0.2) is 8.42 Å². The molecule has 1 aliphatic rings. The first-order valence-electron chi connectivity index (χ1n) is 7.22. The molecule has 124 valence electrons. The summed E-state index contributed by atoms with van der Waals surface area (Å²) >= 11 is 5.81. The number of benzene rings is 1. The molecule has 2 aromatic rings. The number of piperazine rings is 1. The Morgan fingerprint density at radius 3 is 2.39 bits per heavy atom. The highest BCUT2D eigenvalue weighted by Gasteiger charge is 2.28. The summed E-state index contributed by atoms with van der Waals surface area (Å²) in [5, 5.41) is 4.38. The van der Waals surface area contributed by atoms with E-state index in [0.29, 0.717) is 49.5 Å². The highest BCUT2D eigenvalue weighted by Crippen LogP contribution is 2.20. The summed E-state index contributed by atoms with van der Waals surface area (Å²) in [5.41, 5.74) is 0. The summed E-state index contributed by atoms with van der Waals surface area (Å²) in [5.74, 6) is 1.15. The van der Waals surface area contributed by atoms with Crippen LogP contribution in [0.4, 0.5) is 0 Å². The molecule has 23 heavy (non-hydrogen) atoms.